The number of carbonyl (C=O) groups is 1. The highest BCUT2D eigenvalue weighted by Gasteiger charge is 2.14. The van der Waals surface area contributed by atoms with E-state index in [0.717, 1.165) is 10.0 Å². The van der Waals surface area contributed by atoms with Crippen LogP contribution in [0, 0.1) is 10.1 Å². The number of fused-ring (bicyclic) bond motifs is 1. The predicted molar refractivity (Wildman–Crippen MR) is 110 cm³/mol. The van der Waals surface area contributed by atoms with Gasteiger partial charge >= 0.3 is 5.91 Å². The third-order valence-corrected chi connectivity index (χ3v) is 4.58. The first-order valence-corrected chi connectivity index (χ1v) is 9.16. The van der Waals surface area contributed by atoms with Crippen molar-refractivity contribution >= 4 is 44.7 Å². The van der Waals surface area contributed by atoms with E-state index in [2.05, 4.69) is 26.5 Å². The van der Waals surface area contributed by atoms with Crippen LogP contribution >= 0.6 is 15.9 Å². The number of nitrogens with one attached hydrogen (secondary N) is 1. The lowest BCUT2D eigenvalue weighted by molar-refractivity contribution is -0.384. The highest BCUT2D eigenvalue weighted by Crippen LogP contribution is 2.25. The van der Waals surface area contributed by atoms with E-state index in [0.29, 0.717) is 22.5 Å². The van der Waals surface area contributed by atoms with Crippen molar-refractivity contribution in [2.75, 3.05) is 0 Å². The lowest BCUT2D eigenvalue weighted by Crippen LogP contribution is -2.16. The SMILES string of the molecule is O=C(N/N=C\c1ccc(-c2ccc(Br)cc2)o1)c1cc2cc([N+](=O)[O-])ccc2o1. The number of amides is 1. The van der Waals surface area contributed by atoms with Crippen LogP contribution in [0.25, 0.3) is 22.3 Å². The summed E-state index contributed by atoms with van der Waals surface area (Å²) in [5.41, 5.74) is 3.54. The number of hydrogen-bond acceptors (Lipinski definition) is 6. The van der Waals surface area contributed by atoms with E-state index in [1.54, 1.807) is 12.1 Å². The number of benzene rings is 2. The van der Waals surface area contributed by atoms with Crippen LogP contribution in [0.4, 0.5) is 5.69 Å². The molecule has 0 aliphatic heterocycles. The Morgan fingerprint density at radius 3 is 2.62 bits per heavy atom. The van der Waals surface area contributed by atoms with Gasteiger partial charge in [0.15, 0.2) is 5.76 Å². The number of rotatable bonds is 5. The molecule has 2 heterocycles. The smallest absolute Gasteiger partial charge is 0.307 e. The molecule has 1 N–H and O–H groups in total. The second-order valence-electron chi connectivity index (χ2n) is 6.00. The molecule has 4 rings (SSSR count). The van der Waals surface area contributed by atoms with E-state index < -0.39 is 10.8 Å². The molecule has 144 valence electrons. The fourth-order valence-corrected chi connectivity index (χ4v) is 2.92. The molecule has 0 spiro atoms. The van der Waals surface area contributed by atoms with Gasteiger partial charge in [0.25, 0.3) is 5.69 Å². The zero-order valence-corrected chi connectivity index (χ0v) is 16.3. The maximum absolute atomic E-state index is 12.2. The second-order valence-corrected chi connectivity index (χ2v) is 6.91. The van der Waals surface area contributed by atoms with Crippen LogP contribution in [-0.2, 0) is 0 Å². The molecule has 0 unspecified atom stereocenters. The molecule has 0 aliphatic rings. The minimum atomic E-state index is -0.584. The predicted octanol–water partition coefficient (Wildman–Crippen LogP) is 5.13. The molecule has 0 radical (unpaired) electrons. The molecule has 9 heteroatoms. The number of non-ortho nitro benzene ring substituents is 1. The van der Waals surface area contributed by atoms with Gasteiger partial charge in [-0.3, -0.25) is 14.9 Å². The Bertz CT molecular complexity index is 1240. The largest absolute Gasteiger partial charge is 0.455 e. The molecule has 0 aliphatic carbocycles. The van der Waals surface area contributed by atoms with Crippen molar-refractivity contribution in [2.24, 2.45) is 5.10 Å². The van der Waals surface area contributed by atoms with Gasteiger partial charge in [0.2, 0.25) is 0 Å². The number of halogens is 1. The van der Waals surface area contributed by atoms with E-state index in [4.69, 9.17) is 8.83 Å². The van der Waals surface area contributed by atoms with Gasteiger partial charge in [-0.25, -0.2) is 5.43 Å². The van der Waals surface area contributed by atoms with Crippen molar-refractivity contribution in [3.63, 3.8) is 0 Å². The molecular weight excluding hydrogens is 442 g/mol. The number of furan rings is 2. The van der Waals surface area contributed by atoms with Crippen LogP contribution in [-0.4, -0.2) is 17.0 Å². The van der Waals surface area contributed by atoms with Gasteiger partial charge in [0.05, 0.1) is 11.1 Å². The van der Waals surface area contributed by atoms with Crippen LogP contribution in [0.15, 0.2) is 79.1 Å². The average molecular weight is 454 g/mol. The fourth-order valence-electron chi connectivity index (χ4n) is 2.66. The van der Waals surface area contributed by atoms with Crippen molar-refractivity contribution in [3.8, 4) is 11.3 Å². The molecule has 4 aromatic rings. The van der Waals surface area contributed by atoms with Gasteiger partial charge in [-0.05, 0) is 36.4 Å². The fraction of sp³-hybridized carbons (Fsp3) is 0. The van der Waals surface area contributed by atoms with E-state index in [9.17, 15) is 14.9 Å². The number of nitro benzene ring substituents is 1. The molecule has 8 nitrogen and oxygen atoms in total. The molecule has 0 saturated carbocycles. The number of nitro groups is 1. The Morgan fingerprint density at radius 2 is 1.86 bits per heavy atom. The first-order valence-electron chi connectivity index (χ1n) is 8.37. The molecule has 0 bridgehead atoms. The molecule has 1 amide bonds. The Hall–Kier alpha value is -3.72. The molecule has 2 aromatic carbocycles. The van der Waals surface area contributed by atoms with Crippen molar-refractivity contribution in [3.05, 3.63) is 86.8 Å². The summed E-state index contributed by atoms with van der Waals surface area (Å²) < 4.78 is 12.1. The normalized spacial score (nSPS) is 11.2. The highest BCUT2D eigenvalue weighted by atomic mass is 79.9. The van der Waals surface area contributed by atoms with Crippen LogP contribution in [0.2, 0.25) is 0 Å². The van der Waals surface area contributed by atoms with E-state index in [-0.39, 0.29) is 11.4 Å². The third-order valence-electron chi connectivity index (χ3n) is 4.05. The zero-order valence-electron chi connectivity index (χ0n) is 14.7. The Balaban J connectivity index is 1.44. The zero-order chi connectivity index (χ0) is 20.4. The quantitative estimate of drug-likeness (QED) is 0.255. The van der Waals surface area contributed by atoms with Crippen molar-refractivity contribution in [1.82, 2.24) is 5.43 Å². The summed E-state index contributed by atoms with van der Waals surface area (Å²) in [6.45, 7) is 0. The van der Waals surface area contributed by atoms with E-state index in [1.807, 2.05) is 24.3 Å². The maximum Gasteiger partial charge on any atom is 0.307 e. The second kappa shape index (κ2) is 7.72. The molecule has 0 atom stereocenters. The molecule has 0 saturated heterocycles. The van der Waals surface area contributed by atoms with Gasteiger partial charge in [0.1, 0.15) is 17.1 Å². The molecule has 29 heavy (non-hydrogen) atoms. The van der Waals surface area contributed by atoms with Crippen LogP contribution in [0.3, 0.4) is 0 Å². The molecule has 0 fully saturated rings. The highest BCUT2D eigenvalue weighted by molar-refractivity contribution is 9.10. The van der Waals surface area contributed by atoms with Crippen molar-refractivity contribution in [2.45, 2.75) is 0 Å². The summed E-state index contributed by atoms with van der Waals surface area (Å²) >= 11 is 3.38. The summed E-state index contributed by atoms with van der Waals surface area (Å²) in [5, 5.41) is 15.2. The topological polar surface area (TPSA) is 111 Å². The first kappa shape index (κ1) is 18.6. The van der Waals surface area contributed by atoms with Crippen LogP contribution in [0.5, 0.6) is 0 Å². The number of nitrogens with zero attached hydrogens (tertiary/aromatic N) is 2. The first-order chi connectivity index (χ1) is 14.0. The summed E-state index contributed by atoms with van der Waals surface area (Å²) in [6.07, 6.45) is 1.37. The Kier molecular flexibility index (Phi) is 4.96. The summed E-state index contributed by atoms with van der Waals surface area (Å²) in [7, 11) is 0. The van der Waals surface area contributed by atoms with Gasteiger partial charge in [0, 0.05) is 27.6 Å². The van der Waals surface area contributed by atoms with Gasteiger partial charge in [-0.15, -0.1) is 0 Å². The number of hydrazone groups is 1. The minimum absolute atomic E-state index is 0.00681. The van der Waals surface area contributed by atoms with Gasteiger partial charge in [-0.2, -0.15) is 5.10 Å². The third kappa shape index (κ3) is 4.09. The van der Waals surface area contributed by atoms with Crippen LogP contribution < -0.4 is 5.43 Å². The van der Waals surface area contributed by atoms with Gasteiger partial charge < -0.3 is 8.83 Å². The van der Waals surface area contributed by atoms with Gasteiger partial charge in [-0.1, -0.05) is 28.1 Å². The van der Waals surface area contributed by atoms with Crippen molar-refractivity contribution < 1.29 is 18.6 Å². The molecular formula is C20H12BrN3O5. The number of hydrogen-bond donors (Lipinski definition) is 1. The van der Waals surface area contributed by atoms with Crippen molar-refractivity contribution in [1.29, 1.82) is 0 Å². The van der Waals surface area contributed by atoms with E-state index in [1.165, 1.54) is 30.5 Å². The standard InChI is InChI=1S/C20H12BrN3O5/c21-14-3-1-12(2-4-14)17-8-6-16(28-17)11-22-23-20(25)19-10-13-9-15(24(26)27)5-7-18(13)29-19/h1-11H,(H,23,25)/b22-11-. The number of carbonyl (C=O) groups excluding carboxylic acids is 1. The Morgan fingerprint density at radius 1 is 1.07 bits per heavy atom. The summed E-state index contributed by atoms with van der Waals surface area (Å²) in [4.78, 5) is 22.5. The van der Waals surface area contributed by atoms with Crippen LogP contribution in [0.1, 0.15) is 16.3 Å². The average Bonchev–Trinajstić information content (AvgIpc) is 3.35. The lowest BCUT2D eigenvalue weighted by Gasteiger charge is -1.96. The summed E-state index contributed by atoms with van der Waals surface area (Å²) in [6, 6.07) is 16.7. The lowest BCUT2D eigenvalue weighted by atomic mass is 10.2. The minimum Gasteiger partial charge on any atom is -0.455 e. The monoisotopic (exact) mass is 453 g/mol. The Labute approximate surface area is 172 Å². The maximum atomic E-state index is 12.2. The van der Waals surface area contributed by atoms with E-state index >= 15 is 0 Å². The molecule has 2 aromatic heterocycles. The summed E-state index contributed by atoms with van der Waals surface area (Å²) in [5.74, 6) is 0.542.